The zero-order valence-electron chi connectivity index (χ0n) is 17.7. The second kappa shape index (κ2) is 6.06. The summed E-state index contributed by atoms with van der Waals surface area (Å²) < 4.78 is 28.8. The normalized spacial score (nSPS) is 13.4. The van der Waals surface area contributed by atoms with E-state index in [-0.39, 0.29) is 5.69 Å². The molecular weight excluding hydrogens is 332 g/mol. The van der Waals surface area contributed by atoms with Crippen LogP contribution in [-0.4, -0.2) is 9.97 Å². The summed E-state index contributed by atoms with van der Waals surface area (Å²) in [5, 5.41) is 1.67. The summed E-state index contributed by atoms with van der Waals surface area (Å²) in [5.74, 6) is 0. The molecule has 0 aliphatic heterocycles. The molecule has 5 rings (SSSR count). The van der Waals surface area contributed by atoms with Gasteiger partial charge in [0.1, 0.15) is 5.58 Å². The van der Waals surface area contributed by atoms with Crippen molar-refractivity contribution in [3.8, 4) is 22.4 Å². The first kappa shape index (κ1) is 12.8. The summed E-state index contributed by atoms with van der Waals surface area (Å²) in [6.07, 6.45) is 1.86. The zero-order chi connectivity index (χ0) is 20.9. The fourth-order valence-corrected chi connectivity index (χ4v) is 3.43. The van der Waals surface area contributed by atoms with Gasteiger partial charge in [0, 0.05) is 37.9 Å². The molecule has 0 aliphatic carbocycles. The molecule has 0 atom stereocenters. The highest BCUT2D eigenvalue weighted by Gasteiger charge is 2.13. The Morgan fingerprint density at radius 1 is 0.889 bits per heavy atom. The lowest BCUT2D eigenvalue weighted by molar-refractivity contribution is 0.653. The molecule has 0 bridgehead atoms. The van der Waals surface area contributed by atoms with Crippen molar-refractivity contribution < 1.29 is 8.53 Å². The minimum Gasteiger partial charge on any atom is -0.437 e. The monoisotopic (exact) mass is 353 g/mol. The van der Waals surface area contributed by atoms with Gasteiger partial charge in [0.15, 0.2) is 0 Å². The lowest BCUT2D eigenvalue weighted by Gasteiger charge is -2.05. The van der Waals surface area contributed by atoms with E-state index in [0.717, 1.165) is 33.2 Å². The molecule has 3 aromatic heterocycles. The van der Waals surface area contributed by atoms with Crippen LogP contribution in [0.1, 0.15) is 15.4 Å². The third-order valence-corrected chi connectivity index (χ3v) is 4.76. The van der Waals surface area contributed by atoms with E-state index in [1.165, 1.54) is 11.6 Å². The number of nitrogens with zero attached hydrogens (tertiary/aromatic N) is 2. The van der Waals surface area contributed by atoms with Crippen molar-refractivity contribution in [1.82, 2.24) is 9.97 Å². The molecule has 0 unspecified atom stereocenters. The van der Waals surface area contributed by atoms with Crippen LogP contribution in [0.5, 0.6) is 0 Å². The van der Waals surface area contributed by atoms with E-state index < -0.39 is 6.85 Å². The standard InChI is InChI=1S/C24H18N2O/c1-15-5-3-6-17(13-15)18-10-12-22(25-14-18)21-8-4-7-19-20-11-9-16(2)26-24(20)27-23(19)21/h3-14H,1-2H3/i2D3. The molecule has 3 heterocycles. The number of aryl methyl sites for hydroxylation is 2. The van der Waals surface area contributed by atoms with Crippen LogP contribution in [0.25, 0.3) is 44.5 Å². The molecular formula is C24H18N2O. The van der Waals surface area contributed by atoms with Gasteiger partial charge in [0.05, 0.1) is 5.69 Å². The fraction of sp³-hybridized carbons (Fsp3) is 0.0833. The van der Waals surface area contributed by atoms with Crippen molar-refractivity contribution in [1.29, 1.82) is 0 Å². The van der Waals surface area contributed by atoms with Crippen LogP contribution in [0.3, 0.4) is 0 Å². The van der Waals surface area contributed by atoms with Crippen molar-refractivity contribution in [2.45, 2.75) is 13.8 Å². The summed E-state index contributed by atoms with van der Waals surface area (Å²) in [4.78, 5) is 8.89. The highest BCUT2D eigenvalue weighted by Crippen LogP contribution is 2.34. The molecule has 3 nitrogen and oxygen atoms in total. The first-order valence-corrected chi connectivity index (χ1v) is 8.76. The molecule has 130 valence electrons. The van der Waals surface area contributed by atoms with E-state index in [0.29, 0.717) is 11.3 Å². The van der Waals surface area contributed by atoms with Crippen LogP contribution in [0.4, 0.5) is 0 Å². The van der Waals surface area contributed by atoms with E-state index >= 15 is 0 Å². The predicted molar refractivity (Wildman–Crippen MR) is 110 cm³/mol. The number of fused-ring (bicyclic) bond motifs is 3. The number of pyridine rings is 2. The molecule has 5 aromatic rings. The number of aromatic nitrogens is 2. The predicted octanol–water partition coefficient (Wildman–Crippen LogP) is 6.33. The Morgan fingerprint density at radius 3 is 2.63 bits per heavy atom. The van der Waals surface area contributed by atoms with E-state index in [9.17, 15) is 0 Å². The van der Waals surface area contributed by atoms with Gasteiger partial charge in [-0.15, -0.1) is 0 Å². The molecule has 0 N–H and O–H groups in total. The summed E-state index contributed by atoms with van der Waals surface area (Å²) in [7, 11) is 0. The topological polar surface area (TPSA) is 38.9 Å². The molecule has 0 saturated carbocycles. The van der Waals surface area contributed by atoms with Crippen molar-refractivity contribution in [2.24, 2.45) is 0 Å². The van der Waals surface area contributed by atoms with E-state index in [1.807, 2.05) is 42.6 Å². The number of para-hydroxylation sites is 1. The summed E-state index contributed by atoms with van der Waals surface area (Å²) in [5.41, 5.74) is 5.99. The first-order valence-electron chi connectivity index (χ1n) is 10.3. The Kier molecular flexibility index (Phi) is 2.88. The summed E-state index contributed by atoms with van der Waals surface area (Å²) in [6.45, 7) is -0.206. The Balaban J connectivity index is 1.62. The maximum atomic E-state index is 7.58. The zero-order valence-corrected chi connectivity index (χ0v) is 14.7. The average molecular weight is 353 g/mol. The molecule has 0 fully saturated rings. The van der Waals surface area contributed by atoms with Crippen LogP contribution < -0.4 is 0 Å². The highest BCUT2D eigenvalue weighted by atomic mass is 16.3. The second-order valence-corrected chi connectivity index (χ2v) is 6.64. The third kappa shape index (κ3) is 2.68. The van der Waals surface area contributed by atoms with Gasteiger partial charge in [0.25, 0.3) is 0 Å². The first-order chi connectivity index (χ1) is 14.4. The number of furan rings is 1. The quantitative estimate of drug-likeness (QED) is 0.372. The summed E-state index contributed by atoms with van der Waals surface area (Å²) >= 11 is 0. The number of rotatable bonds is 2. The average Bonchev–Trinajstić information content (AvgIpc) is 3.11. The van der Waals surface area contributed by atoms with Crippen LogP contribution in [0.2, 0.25) is 0 Å². The molecule has 0 aliphatic rings. The highest BCUT2D eigenvalue weighted by molar-refractivity contribution is 6.08. The third-order valence-electron chi connectivity index (χ3n) is 4.76. The maximum Gasteiger partial charge on any atom is 0.227 e. The van der Waals surface area contributed by atoms with E-state index in [2.05, 4.69) is 35.1 Å². The van der Waals surface area contributed by atoms with Crippen molar-refractivity contribution in [2.75, 3.05) is 0 Å². The van der Waals surface area contributed by atoms with Gasteiger partial charge in [0.2, 0.25) is 5.71 Å². The van der Waals surface area contributed by atoms with E-state index in [1.54, 1.807) is 6.07 Å². The number of hydrogen-bond donors (Lipinski definition) is 0. The van der Waals surface area contributed by atoms with Gasteiger partial charge in [-0.3, -0.25) is 4.98 Å². The number of hydrogen-bond acceptors (Lipinski definition) is 3. The summed E-state index contributed by atoms with van der Waals surface area (Å²) in [6, 6.07) is 21.5. The van der Waals surface area contributed by atoms with Gasteiger partial charge in [-0.05, 0) is 43.6 Å². The van der Waals surface area contributed by atoms with Gasteiger partial charge in [-0.25, -0.2) is 4.98 Å². The van der Waals surface area contributed by atoms with Gasteiger partial charge in [-0.1, -0.05) is 48.0 Å². The SMILES string of the molecule is [2H]C([2H])([2H])c1ccc2c(n1)oc1c(-c3ccc(-c4cccc(C)c4)cn3)cccc12. The lowest BCUT2D eigenvalue weighted by atomic mass is 10.0. The van der Waals surface area contributed by atoms with Gasteiger partial charge in [-0.2, -0.15) is 0 Å². The smallest absolute Gasteiger partial charge is 0.227 e. The minimum atomic E-state index is -2.27. The maximum absolute atomic E-state index is 7.58. The van der Waals surface area contributed by atoms with E-state index in [4.69, 9.17) is 8.53 Å². The Morgan fingerprint density at radius 2 is 1.81 bits per heavy atom. The minimum absolute atomic E-state index is 0.0243. The number of benzene rings is 2. The van der Waals surface area contributed by atoms with Crippen LogP contribution in [-0.2, 0) is 0 Å². The Labute approximate surface area is 161 Å². The largest absolute Gasteiger partial charge is 0.437 e. The van der Waals surface area contributed by atoms with Crippen LogP contribution in [0, 0.1) is 13.8 Å². The molecule has 0 radical (unpaired) electrons. The molecule has 27 heavy (non-hydrogen) atoms. The van der Waals surface area contributed by atoms with Crippen molar-refractivity contribution in [3.05, 3.63) is 84.2 Å². The molecule has 3 heteroatoms. The van der Waals surface area contributed by atoms with Crippen LogP contribution in [0.15, 0.2) is 77.3 Å². The Bertz CT molecular complexity index is 1390. The molecule has 0 amide bonds. The molecule has 0 spiro atoms. The van der Waals surface area contributed by atoms with Crippen LogP contribution >= 0.6 is 0 Å². The molecule has 2 aromatic carbocycles. The fourth-order valence-electron chi connectivity index (χ4n) is 3.43. The lowest BCUT2D eigenvalue weighted by Crippen LogP contribution is -1.86. The van der Waals surface area contributed by atoms with Gasteiger partial charge >= 0.3 is 0 Å². The van der Waals surface area contributed by atoms with Crippen molar-refractivity contribution in [3.63, 3.8) is 0 Å². The molecule has 0 saturated heterocycles. The Hall–Kier alpha value is -3.46. The van der Waals surface area contributed by atoms with Gasteiger partial charge < -0.3 is 4.42 Å². The second-order valence-electron chi connectivity index (χ2n) is 6.64. The van der Waals surface area contributed by atoms with Crippen molar-refractivity contribution >= 4 is 22.1 Å².